The van der Waals surface area contributed by atoms with Gasteiger partial charge in [-0.25, -0.2) is 8.42 Å². The van der Waals surface area contributed by atoms with Gasteiger partial charge >= 0.3 is 8.09 Å². The lowest BCUT2D eigenvalue weighted by molar-refractivity contribution is -0.204. The Kier molecular flexibility index (Phi) is 12.6. The highest BCUT2D eigenvalue weighted by molar-refractivity contribution is 7.95. The van der Waals surface area contributed by atoms with Crippen LogP contribution in [0.4, 0.5) is 0 Å². The number of rotatable bonds is 11. The zero-order chi connectivity index (χ0) is 46.9. The first-order chi connectivity index (χ1) is 30.7. The molecule has 0 unspecified atom stereocenters. The summed E-state index contributed by atoms with van der Waals surface area (Å²) in [4.78, 5) is 16.3. The average Bonchev–Trinajstić information content (AvgIpc) is 3.38. The molecule has 7 aromatic carbocycles. The lowest BCUT2D eigenvalue weighted by atomic mass is 9.78. The van der Waals surface area contributed by atoms with Gasteiger partial charge in [-0.2, -0.15) is 0 Å². The fourth-order valence-corrected chi connectivity index (χ4v) is 12.8. The van der Waals surface area contributed by atoms with E-state index in [1.807, 2.05) is 31.2 Å². The summed E-state index contributed by atoms with van der Waals surface area (Å²) in [5.74, 6) is 1.61. The van der Waals surface area contributed by atoms with E-state index in [4.69, 9.17) is 9.05 Å². The van der Waals surface area contributed by atoms with Crippen molar-refractivity contribution in [3.63, 3.8) is 0 Å². The zero-order valence-corrected chi connectivity index (χ0v) is 42.0. The maximum Gasteiger partial charge on any atom is 0.423 e. The van der Waals surface area contributed by atoms with Crippen LogP contribution in [0.1, 0.15) is 158 Å². The largest absolute Gasteiger partial charge is 0.600 e. The van der Waals surface area contributed by atoms with Gasteiger partial charge in [-0.15, -0.1) is 0 Å². The molecule has 0 amide bonds. The van der Waals surface area contributed by atoms with E-state index in [2.05, 4.69) is 148 Å². The normalized spacial score (nSPS) is 13.8. The van der Waals surface area contributed by atoms with Crippen LogP contribution >= 0.6 is 8.09 Å². The first-order valence-corrected chi connectivity index (χ1v) is 26.3. The minimum atomic E-state index is -4.91. The molecule has 0 aromatic heterocycles. The molecule has 65 heavy (non-hydrogen) atoms. The second-order valence-corrected chi connectivity index (χ2v) is 23.4. The first-order valence-electron chi connectivity index (χ1n) is 23.3. The quantitative estimate of drug-likeness (QED) is 0.131. The molecule has 7 aromatic rings. The number of benzene rings is 7. The highest BCUT2D eigenvalue weighted by Gasteiger charge is 2.47. The Labute approximate surface area is 388 Å². The van der Waals surface area contributed by atoms with Gasteiger partial charge in [0.05, 0.1) is 4.90 Å². The first kappa shape index (κ1) is 46.5. The van der Waals surface area contributed by atoms with Gasteiger partial charge in [0.2, 0.25) is 0 Å². The topological polar surface area (TPSA) is 87.7 Å². The molecule has 0 atom stereocenters. The fraction of sp³-hybridized carbons (Fsp3) is 0.333. The molecule has 0 radical (unpaired) electrons. The summed E-state index contributed by atoms with van der Waals surface area (Å²) in [5, 5.41) is 3.67. The van der Waals surface area contributed by atoms with Crippen LogP contribution in [0.3, 0.4) is 0 Å². The number of fused-ring (bicyclic) bond motifs is 7. The summed E-state index contributed by atoms with van der Waals surface area (Å²) in [6, 6.07) is 36.4. The minimum absolute atomic E-state index is 0.0467. The van der Waals surface area contributed by atoms with Gasteiger partial charge in [0, 0.05) is 22.3 Å². The summed E-state index contributed by atoms with van der Waals surface area (Å²) >= 11 is 0. The van der Waals surface area contributed by atoms with Crippen LogP contribution in [0.2, 0.25) is 0 Å². The van der Waals surface area contributed by atoms with Gasteiger partial charge in [0.1, 0.15) is 0 Å². The molecule has 6 nitrogen and oxygen atoms in total. The second kappa shape index (κ2) is 17.6. The van der Waals surface area contributed by atoms with Crippen LogP contribution in [-0.2, 0) is 10.0 Å². The molecule has 8 heteroatoms. The molecular weight excluding hydrogens is 842 g/mol. The monoisotopic (exact) mass is 905 g/mol. The molecule has 0 aliphatic carbocycles. The molecule has 0 spiro atoms. The van der Waals surface area contributed by atoms with Gasteiger partial charge in [0.15, 0.2) is 11.5 Å². The third-order valence-electron chi connectivity index (χ3n) is 13.0. The molecule has 1 N–H and O–H groups in total. The highest BCUT2D eigenvalue weighted by atomic mass is 32.2. The van der Waals surface area contributed by atoms with E-state index < -0.39 is 18.1 Å². The van der Waals surface area contributed by atoms with E-state index in [-0.39, 0.29) is 40.4 Å². The summed E-state index contributed by atoms with van der Waals surface area (Å²) in [5.41, 5.74) is 12.7. The Hall–Kier alpha value is -5.04. The molecule has 0 bridgehead atoms. The lowest BCUT2D eigenvalue weighted by Crippen LogP contribution is -2.37. The van der Waals surface area contributed by atoms with Gasteiger partial charge in [-0.1, -0.05) is 174 Å². The van der Waals surface area contributed by atoms with Crippen molar-refractivity contribution in [3.8, 4) is 44.9 Å². The molecule has 338 valence electrons. The van der Waals surface area contributed by atoms with Crippen molar-refractivity contribution in [2.45, 2.75) is 130 Å². The number of aryl methyl sites for hydroxylation is 1. The predicted molar refractivity (Wildman–Crippen MR) is 272 cm³/mol. The van der Waals surface area contributed by atoms with E-state index in [0.717, 1.165) is 71.6 Å². The van der Waals surface area contributed by atoms with Gasteiger partial charge < -0.3 is 4.89 Å². The number of hydrogen-bond donors (Lipinski definition) is 1. The standard InChI is InChI=1S/C57H64NO5PS/c1-32(2)41-28-46(34(5)6)52(47(29-41)35(7)8)50-26-39-18-14-16-20-44(39)54-55-45-21-17-15-19-40(45)27-51(53-48(36(9)10)30-42(33(3)4)31-49(53)37(11)12)57(55)63-64(59,62-56(50)54)58-65(60,61)43-24-22-38(13)23-25-43/h14-37H,1-13H3,(H,58,59). The van der Waals surface area contributed by atoms with Crippen molar-refractivity contribution in [1.29, 1.82) is 0 Å². The van der Waals surface area contributed by atoms with Crippen molar-refractivity contribution in [3.05, 3.63) is 148 Å². The summed E-state index contributed by atoms with van der Waals surface area (Å²) < 4.78 is 45.9. The van der Waals surface area contributed by atoms with Crippen molar-refractivity contribution in [2.24, 2.45) is 0 Å². The van der Waals surface area contributed by atoms with Crippen LogP contribution < -0.4 is 18.4 Å². The maximum absolute atomic E-state index is 16.3. The summed E-state index contributed by atoms with van der Waals surface area (Å²) in [6.45, 7) is 28.4. The van der Waals surface area contributed by atoms with E-state index in [9.17, 15) is 8.42 Å². The molecule has 1 heterocycles. The van der Waals surface area contributed by atoms with Crippen molar-refractivity contribution < 1.29 is 22.4 Å². The molecule has 1 aliphatic rings. The SMILES string of the molecule is Cc1ccc(S(=O)(=O)N[P+]2([O-])Oc3c(-c4c(C(C)C)cc(C(C)C)cc4C(C)C)cc4ccccc4c3-c3c(c(-c4c(C(C)C)cc(C(C)C)cc4C(C)C)cc4ccccc34)O2)cc1. The molecule has 0 saturated carbocycles. The fourth-order valence-electron chi connectivity index (χ4n) is 9.46. The Balaban J connectivity index is 1.61. The van der Waals surface area contributed by atoms with Crippen molar-refractivity contribution in [2.75, 3.05) is 0 Å². The Morgan fingerprint density at radius 3 is 1.17 bits per heavy atom. The van der Waals surface area contributed by atoms with Crippen LogP contribution in [0.5, 0.6) is 11.5 Å². The number of hydrogen-bond acceptors (Lipinski definition) is 5. The van der Waals surface area contributed by atoms with Gasteiger partial charge in [0.25, 0.3) is 10.0 Å². The maximum atomic E-state index is 16.3. The molecular formula is C57H64NO5PS. The molecule has 0 fully saturated rings. The van der Waals surface area contributed by atoms with Crippen LogP contribution in [-0.4, -0.2) is 8.42 Å². The van der Waals surface area contributed by atoms with Crippen molar-refractivity contribution in [1.82, 2.24) is 4.49 Å². The van der Waals surface area contributed by atoms with E-state index in [1.54, 1.807) is 12.1 Å². The summed E-state index contributed by atoms with van der Waals surface area (Å²) in [7, 11) is -9.39. The van der Waals surface area contributed by atoms with Crippen molar-refractivity contribution >= 4 is 39.7 Å². The third kappa shape index (κ3) is 8.62. The molecule has 8 rings (SSSR count). The zero-order valence-electron chi connectivity index (χ0n) is 40.3. The lowest BCUT2D eigenvalue weighted by Gasteiger charge is -2.29. The molecule has 0 saturated heterocycles. The molecule has 1 aliphatic heterocycles. The Bertz CT molecular complexity index is 2850. The van der Waals surface area contributed by atoms with Gasteiger partial charge in [-0.3, -0.25) is 9.05 Å². The second-order valence-electron chi connectivity index (χ2n) is 19.9. The van der Waals surface area contributed by atoms with Crippen LogP contribution in [0.15, 0.2) is 114 Å². The average molecular weight is 906 g/mol. The van der Waals surface area contributed by atoms with E-state index in [1.165, 1.54) is 23.3 Å². The Morgan fingerprint density at radius 1 is 0.477 bits per heavy atom. The number of sulfonamides is 1. The smallest absolute Gasteiger partial charge is 0.423 e. The third-order valence-corrected chi connectivity index (χ3v) is 16.6. The summed E-state index contributed by atoms with van der Waals surface area (Å²) in [6.07, 6.45) is 0. The Morgan fingerprint density at radius 2 is 0.831 bits per heavy atom. The van der Waals surface area contributed by atoms with E-state index >= 15 is 4.89 Å². The van der Waals surface area contributed by atoms with Crippen LogP contribution in [0, 0.1) is 6.92 Å². The van der Waals surface area contributed by atoms with E-state index in [0.29, 0.717) is 22.6 Å². The van der Waals surface area contributed by atoms with Crippen LogP contribution in [0.25, 0.3) is 54.9 Å². The highest BCUT2D eigenvalue weighted by Crippen LogP contribution is 2.64. The van der Waals surface area contributed by atoms with Gasteiger partial charge in [-0.05, 0) is 137 Å². The minimum Gasteiger partial charge on any atom is -0.600 e. The number of nitrogens with one attached hydrogen (secondary N) is 1. The predicted octanol–water partition coefficient (Wildman–Crippen LogP) is 15.8.